The van der Waals surface area contributed by atoms with Crippen LogP contribution in [0.1, 0.15) is 101 Å². The summed E-state index contributed by atoms with van der Waals surface area (Å²) in [5, 5.41) is 1.83. The number of hydrogen-bond donors (Lipinski definition) is 0. The van der Waals surface area contributed by atoms with E-state index in [1.165, 1.54) is 6.08 Å². The minimum Gasteiger partial charge on any atom is -0.459 e. The lowest BCUT2D eigenvalue weighted by Gasteiger charge is -2.52. The van der Waals surface area contributed by atoms with Crippen LogP contribution in [0.5, 0.6) is 0 Å². The number of carbonyl (C=O) groups excluding carboxylic acids is 6. The van der Waals surface area contributed by atoms with Gasteiger partial charge in [-0.05, 0) is 129 Å². The highest BCUT2D eigenvalue weighted by molar-refractivity contribution is 5.92. The minimum absolute atomic E-state index is 0.0179. The maximum Gasteiger partial charge on any atom is 0.338 e. The standard InChI is InChI=1S/C122H114O27/c1-2-69-131-119-111(145-117(127)94-62-35-13-36-63-94)106(101(132-73-84-45-19-5-20-46-84)97(139-119)78-129-71-82-41-15-3-16-42-82)147-121-110(136-76-87-51-25-8-26-52-87)108(104(144-116(126)93-60-33-12-34-61-93)100(142-121)81-138-114(124)91-56-29-10-30-57-91)149-122-112(146-118(128)95-64-37-14-38-65-95)107(102(133-74-85-47-21-6-22-48-85)98(140-122)79-130-72-83-43-17-4-18-44-83)148-120-109(135-75-86-49-23-7-24-50-86)105(134-77-88-67-68-89-53-39-40-66-96(89)70-88)103(143-115(125)92-58-31-11-32-59-92)99(141-120)80-137-113(123)90-54-27-9-28-55-90/h2-68,70,97-112,119-122H,1,69,71-81H2/t97?,98?,99?,100?,101-,102-,103?,104?,105?,106?,107?,108?,109?,110?,111?,112?,119+,120?,121?,122-/m0/s1. The van der Waals surface area contributed by atoms with Crippen molar-refractivity contribution in [2.24, 2.45) is 0 Å². The number of fused-ring (bicyclic) bond motifs is 1. The first kappa shape index (κ1) is 104. The van der Waals surface area contributed by atoms with E-state index in [0.717, 1.165) is 21.9 Å². The summed E-state index contributed by atoms with van der Waals surface area (Å²) in [6.45, 7) is 0.886. The predicted molar refractivity (Wildman–Crippen MR) is 546 cm³/mol. The third kappa shape index (κ3) is 28.4. The van der Waals surface area contributed by atoms with Gasteiger partial charge in [0.1, 0.15) is 86.5 Å². The van der Waals surface area contributed by atoms with E-state index in [1.807, 2.05) is 224 Å². The number of carbonyl (C=O) groups is 6. The van der Waals surface area contributed by atoms with Crippen molar-refractivity contribution in [2.75, 3.05) is 33.0 Å². The van der Waals surface area contributed by atoms with Crippen LogP contribution in [0.2, 0.25) is 0 Å². The Hall–Kier alpha value is -14.7. The Morgan fingerprint density at radius 2 is 0.463 bits per heavy atom. The molecule has 14 aromatic rings. The van der Waals surface area contributed by atoms with Crippen molar-refractivity contribution in [3.8, 4) is 0 Å². The average Bonchev–Trinajstić information content (AvgIpc) is 0.748. The molecule has 4 aliphatic heterocycles. The summed E-state index contributed by atoms with van der Waals surface area (Å²) in [5.74, 6) is -5.21. The second-order valence-corrected chi connectivity index (χ2v) is 36.0. The van der Waals surface area contributed by atoms with Crippen LogP contribution in [-0.2, 0) is 146 Å². The van der Waals surface area contributed by atoms with E-state index in [2.05, 4.69) is 6.58 Å². The molecule has 0 bridgehead atoms. The molecule has 4 fully saturated rings. The third-order valence-electron chi connectivity index (χ3n) is 25.6. The summed E-state index contributed by atoms with van der Waals surface area (Å²) in [6, 6.07) is 119. The number of ether oxygens (including phenoxy) is 21. The van der Waals surface area contributed by atoms with Crippen molar-refractivity contribution in [2.45, 2.75) is 169 Å². The van der Waals surface area contributed by atoms with Crippen LogP contribution in [-0.4, -0.2) is 192 Å². The van der Waals surface area contributed by atoms with Gasteiger partial charge in [0.2, 0.25) is 0 Å². The zero-order chi connectivity index (χ0) is 102. The highest BCUT2D eigenvalue weighted by Gasteiger charge is 2.61. The zero-order valence-corrected chi connectivity index (χ0v) is 81.5. The Bertz CT molecular complexity index is 6530. The maximum atomic E-state index is 16.4. The van der Waals surface area contributed by atoms with E-state index >= 15 is 24.0 Å². The minimum atomic E-state index is -2.10. The number of rotatable bonds is 46. The first-order valence-electron chi connectivity index (χ1n) is 49.6. The van der Waals surface area contributed by atoms with Crippen molar-refractivity contribution in [3.05, 3.63) is 491 Å². The molecular formula is C122H114O27. The number of esters is 6. The van der Waals surface area contributed by atoms with E-state index in [1.54, 1.807) is 182 Å². The summed E-state index contributed by atoms with van der Waals surface area (Å²) in [7, 11) is 0. The van der Waals surface area contributed by atoms with Gasteiger partial charge in [0, 0.05) is 0 Å². The van der Waals surface area contributed by atoms with Gasteiger partial charge in [-0.3, -0.25) is 0 Å². The smallest absolute Gasteiger partial charge is 0.338 e. The summed E-state index contributed by atoms with van der Waals surface area (Å²) >= 11 is 0. The molecule has 20 atom stereocenters. The van der Waals surface area contributed by atoms with Gasteiger partial charge in [-0.25, -0.2) is 28.8 Å². The third-order valence-corrected chi connectivity index (χ3v) is 25.6. The molecule has 0 radical (unpaired) electrons. The Balaban J connectivity index is 0.846. The van der Waals surface area contributed by atoms with Gasteiger partial charge in [0.15, 0.2) is 49.6 Å². The predicted octanol–water partition coefficient (Wildman–Crippen LogP) is 19.4. The molecule has 0 amide bonds. The van der Waals surface area contributed by atoms with Crippen molar-refractivity contribution in [1.82, 2.24) is 0 Å². The summed E-state index contributed by atoms with van der Waals surface area (Å²) < 4.78 is 152. The molecule has 14 aromatic carbocycles. The van der Waals surface area contributed by atoms with Crippen LogP contribution < -0.4 is 0 Å². The molecule has 764 valence electrons. The molecule has 0 aliphatic carbocycles. The molecule has 27 heteroatoms. The van der Waals surface area contributed by atoms with E-state index in [0.29, 0.717) is 27.8 Å². The van der Waals surface area contributed by atoms with E-state index in [4.69, 9.17) is 99.5 Å². The molecule has 4 aliphatic rings. The van der Waals surface area contributed by atoms with Gasteiger partial charge in [-0.15, -0.1) is 6.58 Å². The molecule has 0 saturated carbocycles. The van der Waals surface area contributed by atoms with Crippen LogP contribution in [0.3, 0.4) is 0 Å². The molecule has 16 unspecified atom stereocenters. The van der Waals surface area contributed by atoms with Gasteiger partial charge in [0.05, 0.1) is 99.4 Å². The lowest BCUT2D eigenvalue weighted by atomic mass is 9.94. The Kier molecular flexibility index (Phi) is 37.3. The fraction of sp³-hybridized carbons (Fsp3) is 0.262. The Morgan fingerprint density at radius 1 is 0.215 bits per heavy atom. The summed E-state index contributed by atoms with van der Waals surface area (Å²) in [5.41, 5.74) is 5.47. The lowest BCUT2D eigenvalue weighted by molar-refractivity contribution is -0.397. The first-order chi connectivity index (χ1) is 73.3. The van der Waals surface area contributed by atoms with E-state index in [-0.39, 0.29) is 99.4 Å². The second-order valence-electron chi connectivity index (χ2n) is 36.0. The molecule has 0 aromatic heterocycles. The Morgan fingerprint density at radius 3 is 0.812 bits per heavy atom. The molecular weight excluding hydrogens is 1900 g/mol. The average molecular weight is 2010 g/mol. The summed E-state index contributed by atoms with van der Waals surface area (Å²) in [4.78, 5) is 92.8. The lowest BCUT2D eigenvalue weighted by Crippen LogP contribution is -2.69. The normalized spacial score (nSPS) is 23.6. The Labute approximate surface area is 863 Å². The van der Waals surface area contributed by atoms with Gasteiger partial charge < -0.3 is 99.5 Å². The van der Waals surface area contributed by atoms with Crippen molar-refractivity contribution >= 4 is 46.6 Å². The first-order valence-corrected chi connectivity index (χ1v) is 49.6. The SMILES string of the molecule is C=CCO[C@@H]1OC(COCc2ccccc2)[C@H](OCc2ccccc2)C(OC2OC(COC(=O)c3ccccc3)C(OC(=O)c3ccccc3)C(O[C@@H]3OC(COCc4ccccc4)[C@H](OCc4ccccc4)C(OC4OC(COC(=O)c5ccccc5)C(OC(=O)c5ccccc5)C(OCc5ccc6ccccc6c5)C4OCc4ccccc4)C3OC(=O)c3ccccc3)C2OCc2ccccc2)C1OC(=O)c1ccccc1. The fourth-order valence-corrected chi connectivity index (χ4v) is 18.1. The molecule has 4 heterocycles. The van der Waals surface area contributed by atoms with Gasteiger partial charge >= 0.3 is 35.8 Å². The van der Waals surface area contributed by atoms with Crippen molar-refractivity contribution in [1.29, 1.82) is 0 Å². The number of hydrogen-bond acceptors (Lipinski definition) is 27. The molecule has 0 spiro atoms. The topological polar surface area (TPSA) is 296 Å². The number of benzene rings is 14. The second kappa shape index (κ2) is 53.3. The van der Waals surface area contributed by atoms with Crippen molar-refractivity contribution < 1.29 is 128 Å². The van der Waals surface area contributed by atoms with E-state index < -0.39 is 172 Å². The largest absolute Gasteiger partial charge is 0.459 e. The highest BCUT2D eigenvalue weighted by Crippen LogP contribution is 2.43. The van der Waals surface area contributed by atoms with Gasteiger partial charge in [-0.1, -0.05) is 334 Å². The molecule has 18 rings (SSSR count). The van der Waals surface area contributed by atoms with Crippen LogP contribution in [0.25, 0.3) is 10.8 Å². The van der Waals surface area contributed by atoms with Crippen LogP contribution in [0.15, 0.2) is 419 Å². The molecule has 4 saturated heterocycles. The van der Waals surface area contributed by atoms with Crippen LogP contribution >= 0.6 is 0 Å². The van der Waals surface area contributed by atoms with Crippen LogP contribution in [0, 0.1) is 0 Å². The van der Waals surface area contributed by atoms with Gasteiger partial charge in [-0.2, -0.15) is 0 Å². The monoisotopic (exact) mass is 2010 g/mol. The van der Waals surface area contributed by atoms with Crippen molar-refractivity contribution in [3.63, 3.8) is 0 Å². The molecule has 27 nitrogen and oxygen atoms in total. The highest BCUT2D eigenvalue weighted by atomic mass is 16.8. The van der Waals surface area contributed by atoms with E-state index in [9.17, 15) is 4.79 Å². The van der Waals surface area contributed by atoms with Crippen LogP contribution in [0.4, 0.5) is 0 Å². The maximum absolute atomic E-state index is 16.4. The zero-order valence-electron chi connectivity index (χ0n) is 81.5. The molecule has 149 heavy (non-hydrogen) atoms. The summed E-state index contributed by atoms with van der Waals surface area (Å²) in [6.07, 6.45) is -32.2. The van der Waals surface area contributed by atoms with Gasteiger partial charge in [0.25, 0.3) is 0 Å². The quantitative estimate of drug-likeness (QED) is 0.0194. The fourth-order valence-electron chi connectivity index (χ4n) is 18.1. The molecule has 0 N–H and O–H groups in total.